The SMILES string of the molecule is c1ccc(N2c3cccc4c3B(c3oc5ccccc5c32)c2cccc3c5cc6c7ccccc7c7ccccc7c6cc5n-4c23)cc1. The smallest absolute Gasteiger partial charge is 0.297 e. The molecule has 4 heteroatoms. The van der Waals surface area contributed by atoms with Crippen LogP contribution in [0.2, 0.25) is 0 Å². The minimum Gasteiger partial charge on any atom is -0.468 e. The van der Waals surface area contributed by atoms with Gasteiger partial charge >= 0.3 is 0 Å². The monoisotopic (exact) mass is 608 g/mol. The van der Waals surface area contributed by atoms with Crippen LogP contribution in [0.4, 0.5) is 17.1 Å². The third kappa shape index (κ3) is 2.93. The zero-order valence-electron chi connectivity index (χ0n) is 25.8. The zero-order chi connectivity index (χ0) is 31.1. The van der Waals surface area contributed by atoms with E-state index in [1.54, 1.807) is 0 Å². The predicted molar refractivity (Wildman–Crippen MR) is 202 cm³/mol. The lowest BCUT2D eigenvalue weighted by atomic mass is 9.36. The van der Waals surface area contributed by atoms with E-state index in [1.165, 1.54) is 76.4 Å². The number of fused-ring (bicyclic) bond motifs is 15. The summed E-state index contributed by atoms with van der Waals surface area (Å²) in [7, 11) is 0. The normalized spacial score (nSPS) is 13.3. The number of para-hydroxylation sites is 3. The van der Waals surface area contributed by atoms with Gasteiger partial charge in [0.25, 0.3) is 6.71 Å². The van der Waals surface area contributed by atoms with Gasteiger partial charge in [0.1, 0.15) is 5.58 Å². The molecule has 220 valence electrons. The molecule has 2 aliphatic rings. The van der Waals surface area contributed by atoms with Gasteiger partial charge in [-0.3, -0.25) is 0 Å². The summed E-state index contributed by atoms with van der Waals surface area (Å²) in [4.78, 5) is 2.42. The van der Waals surface area contributed by atoms with Crippen molar-refractivity contribution in [3.05, 3.63) is 152 Å². The van der Waals surface area contributed by atoms with Crippen LogP contribution in [-0.2, 0) is 0 Å². The quantitative estimate of drug-likeness (QED) is 0.137. The Morgan fingerprint density at radius 2 is 1.06 bits per heavy atom. The van der Waals surface area contributed by atoms with Crippen molar-refractivity contribution in [1.29, 1.82) is 0 Å². The Hall–Kier alpha value is -6.26. The second kappa shape index (κ2) is 8.75. The van der Waals surface area contributed by atoms with Gasteiger partial charge in [-0.25, -0.2) is 0 Å². The molecule has 0 fully saturated rings. The summed E-state index contributed by atoms with van der Waals surface area (Å²) in [5, 5.41) is 11.5. The fraction of sp³-hybridized carbons (Fsp3) is 0. The van der Waals surface area contributed by atoms with Gasteiger partial charge in [0.05, 0.1) is 16.9 Å². The maximum absolute atomic E-state index is 6.92. The number of furan rings is 1. The summed E-state index contributed by atoms with van der Waals surface area (Å²) in [6.45, 7) is -0.0323. The number of hydrogen-bond donors (Lipinski definition) is 0. The highest BCUT2D eigenvalue weighted by Gasteiger charge is 2.45. The number of nitrogens with zero attached hydrogens (tertiary/aromatic N) is 2. The van der Waals surface area contributed by atoms with Crippen LogP contribution in [0, 0.1) is 0 Å². The number of aromatic nitrogens is 1. The van der Waals surface area contributed by atoms with E-state index in [0.717, 1.165) is 28.0 Å². The van der Waals surface area contributed by atoms with E-state index in [1.807, 2.05) is 0 Å². The second-order valence-electron chi connectivity index (χ2n) is 13.2. The van der Waals surface area contributed by atoms with E-state index in [-0.39, 0.29) is 6.71 Å². The Morgan fingerprint density at radius 1 is 0.458 bits per heavy atom. The van der Waals surface area contributed by atoms with Crippen molar-refractivity contribution in [1.82, 2.24) is 4.57 Å². The van der Waals surface area contributed by atoms with E-state index in [9.17, 15) is 0 Å². The Balaban J connectivity index is 1.27. The first-order chi connectivity index (χ1) is 23.8. The van der Waals surface area contributed by atoms with Crippen molar-refractivity contribution in [3.8, 4) is 5.69 Å². The summed E-state index contributed by atoms with van der Waals surface area (Å²) >= 11 is 0. The second-order valence-corrected chi connectivity index (χ2v) is 13.2. The maximum Gasteiger partial charge on any atom is 0.297 e. The Morgan fingerprint density at radius 3 is 1.83 bits per heavy atom. The van der Waals surface area contributed by atoms with Crippen molar-refractivity contribution in [3.63, 3.8) is 0 Å². The van der Waals surface area contributed by atoms with Crippen molar-refractivity contribution >= 4 is 105 Å². The van der Waals surface area contributed by atoms with Gasteiger partial charge in [-0.05, 0) is 91.8 Å². The van der Waals surface area contributed by atoms with E-state index >= 15 is 0 Å². The van der Waals surface area contributed by atoms with Gasteiger partial charge in [0, 0.05) is 38.7 Å². The van der Waals surface area contributed by atoms with Crippen LogP contribution in [0.25, 0.3) is 70.8 Å². The molecule has 0 spiro atoms. The summed E-state index contributed by atoms with van der Waals surface area (Å²) in [5.41, 5.74) is 11.7. The molecule has 0 N–H and O–H groups in total. The molecule has 8 aromatic carbocycles. The molecule has 12 rings (SSSR count). The molecule has 0 radical (unpaired) electrons. The molecule has 0 unspecified atom stereocenters. The number of hydrogen-bond acceptors (Lipinski definition) is 2. The number of anilines is 3. The Labute approximate surface area is 275 Å². The van der Waals surface area contributed by atoms with Gasteiger partial charge in [-0.1, -0.05) is 103 Å². The lowest BCUT2D eigenvalue weighted by molar-refractivity contribution is 0.651. The van der Waals surface area contributed by atoms with Crippen molar-refractivity contribution < 1.29 is 4.42 Å². The first-order valence-electron chi connectivity index (χ1n) is 16.7. The molecule has 0 saturated carbocycles. The standard InChI is InChI=1S/C44H25BN2O/c1-2-12-26(13-3-1)46-37-21-11-22-38-41(37)45(44-43(46)32-18-8-9-23-40(32)48-44)36-20-10-19-31-35-24-33-29-16-6-4-14-27(29)28-15-5-7-17-30(28)34(33)25-39(35)47(38)42(31)36/h1-25H. The van der Waals surface area contributed by atoms with Crippen LogP contribution in [0.3, 0.4) is 0 Å². The Kier molecular flexibility index (Phi) is 4.54. The van der Waals surface area contributed by atoms with Crippen LogP contribution in [-0.4, -0.2) is 11.3 Å². The van der Waals surface area contributed by atoms with Crippen molar-refractivity contribution in [2.45, 2.75) is 0 Å². The van der Waals surface area contributed by atoms with Gasteiger partial charge in [-0.15, -0.1) is 0 Å². The highest BCUT2D eigenvalue weighted by atomic mass is 16.3. The highest BCUT2D eigenvalue weighted by molar-refractivity contribution is 7.00. The summed E-state index contributed by atoms with van der Waals surface area (Å²) < 4.78 is 9.46. The first kappa shape index (κ1) is 24.9. The van der Waals surface area contributed by atoms with Crippen LogP contribution in [0.5, 0.6) is 0 Å². The molecule has 2 aliphatic heterocycles. The van der Waals surface area contributed by atoms with E-state index in [4.69, 9.17) is 4.42 Å². The summed E-state index contributed by atoms with van der Waals surface area (Å²) in [6, 6.07) is 55.5. The largest absolute Gasteiger partial charge is 0.468 e. The average molecular weight is 609 g/mol. The third-order valence-corrected chi connectivity index (χ3v) is 10.9. The molecule has 48 heavy (non-hydrogen) atoms. The summed E-state index contributed by atoms with van der Waals surface area (Å²) in [5.74, 6) is 0. The summed E-state index contributed by atoms with van der Waals surface area (Å²) in [6.07, 6.45) is 0. The predicted octanol–water partition coefficient (Wildman–Crippen LogP) is 9.60. The Bertz CT molecular complexity index is 3030. The van der Waals surface area contributed by atoms with Crippen LogP contribution in [0.1, 0.15) is 0 Å². The van der Waals surface area contributed by atoms with Gasteiger partial charge < -0.3 is 13.9 Å². The van der Waals surface area contributed by atoms with Crippen LogP contribution in [0.15, 0.2) is 156 Å². The molecule has 0 saturated heterocycles. The van der Waals surface area contributed by atoms with Crippen molar-refractivity contribution in [2.75, 3.05) is 4.90 Å². The van der Waals surface area contributed by atoms with Crippen LogP contribution < -0.4 is 21.5 Å². The molecule has 4 heterocycles. The van der Waals surface area contributed by atoms with E-state index in [0.29, 0.717) is 0 Å². The topological polar surface area (TPSA) is 21.3 Å². The maximum atomic E-state index is 6.92. The van der Waals surface area contributed by atoms with Gasteiger partial charge in [-0.2, -0.15) is 0 Å². The number of benzene rings is 8. The van der Waals surface area contributed by atoms with Gasteiger partial charge in [0.15, 0.2) is 0 Å². The van der Waals surface area contributed by atoms with Crippen molar-refractivity contribution in [2.24, 2.45) is 0 Å². The first-order valence-corrected chi connectivity index (χ1v) is 16.7. The fourth-order valence-corrected chi connectivity index (χ4v) is 9.07. The average Bonchev–Trinajstić information content (AvgIpc) is 3.69. The zero-order valence-corrected chi connectivity index (χ0v) is 25.8. The lowest BCUT2D eigenvalue weighted by Gasteiger charge is -2.37. The molecule has 3 nitrogen and oxygen atoms in total. The van der Waals surface area contributed by atoms with E-state index in [2.05, 4.69) is 161 Å². The van der Waals surface area contributed by atoms with E-state index < -0.39 is 0 Å². The minimum atomic E-state index is -0.0323. The number of rotatable bonds is 1. The molecule has 0 aliphatic carbocycles. The molecule has 10 aromatic rings. The molecule has 0 bridgehead atoms. The molecular formula is C44H25BN2O. The molecular weight excluding hydrogens is 583 g/mol. The minimum absolute atomic E-state index is 0.0323. The van der Waals surface area contributed by atoms with Crippen LogP contribution >= 0.6 is 0 Å². The lowest BCUT2D eigenvalue weighted by Crippen LogP contribution is -2.59. The third-order valence-electron chi connectivity index (χ3n) is 10.9. The fourth-order valence-electron chi connectivity index (χ4n) is 9.07. The van der Waals surface area contributed by atoms with Gasteiger partial charge in [0.2, 0.25) is 0 Å². The molecule has 0 amide bonds. The highest BCUT2D eigenvalue weighted by Crippen LogP contribution is 2.45. The molecule has 2 aromatic heterocycles. The molecule has 0 atom stereocenters.